The Bertz CT molecular complexity index is 468. The molecule has 1 N–H and O–H groups in total. The fraction of sp³-hybridized carbons (Fsp3) is 0.625. The van der Waals surface area contributed by atoms with Gasteiger partial charge in [0.15, 0.2) is 0 Å². The van der Waals surface area contributed by atoms with Crippen molar-refractivity contribution in [1.82, 2.24) is 0 Å². The first-order valence-electron chi connectivity index (χ1n) is 7.41. The molecule has 0 amide bonds. The van der Waals surface area contributed by atoms with E-state index >= 15 is 0 Å². The lowest BCUT2D eigenvalue weighted by Crippen LogP contribution is -2.46. The maximum absolute atomic E-state index is 13.4. The highest BCUT2D eigenvalue weighted by Crippen LogP contribution is 2.38. The molecule has 0 radical (unpaired) electrons. The van der Waals surface area contributed by atoms with Crippen LogP contribution in [0.3, 0.4) is 0 Å². The number of anilines is 1. The number of benzene rings is 1. The van der Waals surface area contributed by atoms with Crippen LogP contribution in [0.1, 0.15) is 31.2 Å². The van der Waals surface area contributed by atoms with Gasteiger partial charge in [-0.25, -0.2) is 4.39 Å². The molecule has 0 aliphatic carbocycles. The highest BCUT2D eigenvalue weighted by atomic mass is 32.2. The number of aryl methyl sites for hydroxylation is 1. The van der Waals surface area contributed by atoms with Gasteiger partial charge >= 0.3 is 0 Å². The topological polar surface area (TPSA) is 21.3 Å². The molecule has 2 aliphatic rings. The van der Waals surface area contributed by atoms with Crippen LogP contribution in [0.25, 0.3) is 0 Å². The summed E-state index contributed by atoms with van der Waals surface area (Å²) in [6.45, 7) is 2.84. The molecule has 1 unspecified atom stereocenters. The van der Waals surface area contributed by atoms with Crippen molar-refractivity contribution in [3.63, 3.8) is 0 Å². The molecule has 2 aliphatic heterocycles. The van der Waals surface area contributed by atoms with Crippen LogP contribution < -0.4 is 5.32 Å². The van der Waals surface area contributed by atoms with E-state index in [2.05, 4.69) is 5.32 Å². The van der Waals surface area contributed by atoms with Crippen molar-refractivity contribution in [1.29, 1.82) is 0 Å². The summed E-state index contributed by atoms with van der Waals surface area (Å²) in [5, 5.41) is 3.53. The minimum absolute atomic E-state index is 0.0718. The predicted octanol–water partition coefficient (Wildman–Crippen LogP) is 3.99. The highest BCUT2D eigenvalue weighted by molar-refractivity contribution is 7.99. The van der Waals surface area contributed by atoms with Crippen LogP contribution in [0.4, 0.5) is 10.1 Å². The molecule has 0 aromatic heterocycles. The molecule has 0 bridgehead atoms. The Hall–Kier alpha value is -0.740. The van der Waals surface area contributed by atoms with Crippen LogP contribution in [0.15, 0.2) is 18.2 Å². The summed E-state index contributed by atoms with van der Waals surface area (Å²) in [6, 6.07) is 5.36. The van der Waals surface area contributed by atoms with Crippen molar-refractivity contribution in [2.45, 2.75) is 44.2 Å². The summed E-state index contributed by atoms with van der Waals surface area (Å²) >= 11 is 2.02. The molecule has 2 saturated heterocycles. The molecule has 2 nitrogen and oxygen atoms in total. The van der Waals surface area contributed by atoms with Crippen molar-refractivity contribution in [2.75, 3.05) is 23.4 Å². The van der Waals surface area contributed by atoms with Crippen LogP contribution >= 0.6 is 11.8 Å². The first-order chi connectivity index (χ1) is 9.67. The second-order valence-electron chi connectivity index (χ2n) is 5.94. The van der Waals surface area contributed by atoms with Gasteiger partial charge in [-0.15, -0.1) is 0 Å². The van der Waals surface area contributed by atoms with Gasteiger partial charge in [0, 0.05) is 18.3 Å². The normalized spacial score (nSPS) is 25.6. The second-order valence-corrected chi connectivity index (χ2v) is 7.16. The van der Waals surface area contributed by atoms with E-state index in [1.807, 2.05) is 24.8 Å². The van der Waals surface area contributed by atoms with Crippen molar-refractivity contribution in [3.8, 4) is 0 Å². The first-order valence-corrected chi connectivity index (χ1v) is 8.57. The van der Waals surface area contributed by atoms with E-state index in [0.717, 1.165) is 43.5 Å². The van der Waals surface area contributed by atoms with E-state index in [4.69, 9.17) is 4.74 Å². The van der Waals surface area contributed by atoms with Crippen LogP contribution in [0, 0.1) is 12.7 Å². The molecule has 4 heteroatoms. The van der Waals surface area contributed by atoms with E-state index in [9.17, 15) is 4.39 Å². The van der Waals surface area contributed by atoms with Crippen molar-refractivity contribution >= 4 is 17.4 Å². The summed E-state index contributed by atoms with van der Waals surface area (Å²) in [5.41, 5.74) is 2.10. The average Bonchev–Trinajstić information content (AvgIpc) is 2.44. The lowest BCUT2D eigenvalue weighted by Gasteiger charge is -2.43. The van der Waals surface area contributed by atoms with Gasteiger partial charge in [0.25, 0.3) is 0 Å². The van der Waals surface area contributed by atoms with E-state index in [-0.39, 0.29) is 11.4 Å². The van der Waals surface area contributed by atoms with Gasteiger partial charge in [0.05, 0.1) is 5.60 Å². The van der Waals surface area contributed by atoms with Crippen molar-refractivity contribution in [2.24, 2.45) is 0 Å². The molecule has 2 fully saturated rings. The minimum Gasteiger partial charge on any atom is -0.382 e. The van der Waals surface area contributed by atoms with Gasteiger partial charge in [0.1, 0.15) is 5.82 Å². The van der Waals surface area contributed by atoms with Crippen LogP contribution in [-0.4, -0.2) is 29.8 Å². The number of thioether (sulfide) groups is 1. The van der Waals surface area contributed by atoms with Crippen molar-refractivity contribution in [3.05, 3.63) is 29.6 Å². The zero-order chi connectivity index (χ0) is 14.0. The summed E-state index contributed by atoms with van der Waals surface area (Å²) in [7, 11) is 0. The van der Waals surface area contributed by atoms with Gasteiger partial charge in [-0.05, 0) is 61.8 Å². The Balaban J connectivity index is 1.69. The highest BCUT2D eigenvalue weighted by Gasteiger charge is 2.38. The molecule has 1 spiro atoms. The molecule has 0 saturated carbocycles. The molecular weight excluding hydrogens is 273 g/mol. The Kier molecular flexibility index (Phi) is 4.22. The number of halogens is 1. The van der Waals surface area contributed by atoms with E-state index < -0.39 is 0 Å². The largest absolute Gasteiger partial charge is 0.382 e. The summed E-state index contributed by atoms with van der Waals surface area (Å²) in [6.07, 6.45) is 4.35. The fourth-order valence-electron chi connectivity index (χ4n) is 3.21. The molecule has 3 rings (SSSR count). The lowest BCUT2D eigenvalue weighted by atomic mass is 9.85. The van der Waals surface area contributed by atoms with Crippen LogP contribution in [0.2, 0.25) is 0 Å². The average molecular weight is 295 g/mol. The predicted molar refractivity (Wildman–Crippen MR) is 83.0 cm³/mol. The molecular formula is C16H22FNOS. The van der Waals surface area contributed by atoms with Gasteiger partial charge in [-0.3, -0.25) is 0 Å². The Morgan fingerprint density at radius 1 is 1.35 bits per heavy atom. The smallest absolute Gasteiger partial charge is 0.125 e. The van der Waals surface area contributed by atoms with Gasteiger partial charge in [0.2, 0.25) is 0 Å². The summed E-state index contributed by atoms with van der Waals surface area (Å²) in [4.78, 5) is 0. The van der Waals surface area contributed by atoms with Gasteiger partial charge in [-0.1, -0.05) is 6.07 Å². The zero-order valence-corrected chi connectivity index (χ0v) is 12.8. The molecule has 1 aromatic rings. The summed E-state index contributed by atoms with van der Waals surface area (Å²) in [5.74, 6) is 2.23. The summed E-state index contributed by atoms with van der Waals surface area (Å²) < 4.78 is 19.5. The minimum atomic E-state index is -0.172. The quantitative estimate of drug-likeness (QED) is 0.891. The maximum atomic E-state index is 13.4. The SMILES string of the molecule is Cc1ccc(F)cc1NC1CCOC2(CCSCC2)C1. The fourth-order valence-corrected chi connectivity index (χ4v) is 4.45. The van der Waals surface area contributed by atoms with E-state index in [1.54, 1.807) is 6.07 Å². The number of ether oxygens (including phenoxy) is 1. The van der Waals surface area contributed by atoms with Gasteiger partial charge < -0.3 is 10.1 Å². The number of rotatable bonds is 2. The monoisotopic (exact) mass is 295 g/mol. The van der Waals surface area contributed by atoms with Crippen LogP contribution in [-0.2, 0) is 4.74 Å². The Morgan fingerprint density at radius 3 is 2.95 bits per heavy atom. The molecule has 1 atom stereocenters. The standard InChI is InChI=1S/C16H22FNOS/c1-12-2-3-13(17)10-15(12)18-14-4-7-19-16(11-14)5-8-20-9-6-16/h2-3,10,14,18H,4-9,11H2,1H3. The lowest BCUT2D eigenvalue weighted by molar-refractivity contribution is -0.0865. The number of hydrogen-bond acceptors (Lipinski definition) is 3. The first kappa shape index (κ1) is 14.2. The number of hydrogen-bond donors (Lipinski definition) is 1. The molecule has 20 heavy (non-hydrogen) atoms. The Morgan fingerprint density at radius 2 is 2.15 bits per heavy atom. The third kappa shape index (κ3) is 3.12. The molecule has 110 valence electrons. The van der Waals surface area contributed by atoms with Crippen LogP contribution in [0.5, 0.6) is 0 Å². The second kappa shape index (κ2) is 5.94. The molecule has 2 heterocycles. The van der Waals surface area contributed by atoms with E-state index in [0.29, 0.717) is 6.04 Å². The zero-order valence-electron chi connectivity index (χ0n) is 12.0. The Labute approximate surface area is 124 Å². The third-order valence-electron chi connectivity index (χ3n) is 4.46. The van der Waals surface area contributed by atoms with Crippen molar-refractivity contribution < 1.29 is 9.13 Å². The van der Waals surface area contributed by atoms with E-state index in [1.165, 1.54) is 17.6 Å². The number of nitrogens with one attached hydrogen (secondary N) is 1. The maximum Gasteiger partial charge on any atom is 0.125 e. The third-order valence-corrected chi connectivity index (χ3v) is 5.44. The molecule has 1 aromatic carbocycles. The van der Waals surface area contributed by atoms with Gasteiger partial charge in [-0.2, -0.15) is 11.8 Å².